The van der Waals surface area contributed by atoms with Crippen LogP contribution in [0.5, 0.6) is 0 Å². The SMILES string of the molecule is O=COC(Cl)c1ccccc1. The Labute approximate surface area is 69.7 Å². The third-order valence-corrected chi connectivity index (χ3v) is 1.59. The molecule has 2 nitrogen and oxygen atoms in total. The molecule has 0 aliphatic rings. The summed E-state index contributed by atoms with van der Waals surface area (Å²) in [5, 5.41) is 0. The first kappa shape index (κ1) is 8.08. The van der Waals surface area contributed by atoms with E-state index in [2.05, 4.69) is 4.74 Å². The van der Waals surface area contributed by atoms with Gasteiger partial charge in [0.1, 0.15) is 0 Å². The molecule has 58 valence electrons. The summed E-state index contributed by atoms with van der Waals surface area (Å²) in [7, 11) is 0. The van der Waals surface area contributed by atoms with Crippen LogP contribution in [-0.4, -0.2) is 6.47 Å². The van der Waals surface area contributed by atoms with Crippen molar-refractivity contribution in [1.82, 2.24) is 0 Å². The van der Waals surface area contributed by atoms with E-state index in [1.54, 1.807) is 12.1 Å². The fraction of sp³-hybridized carbons (Fsp3) is 0.125. The number of carbonyl (C=O) groups is 1. The van der Waals surface area contributed by atoms with Crippen molar-refractivity contribution < 1.29 is 9.53 Å². The Morgan fingerprint density at radius 1 is 1.36 bits per heavy atom. The molecule has 11 heavy (non-hydrogen) atoms. The Kier molecular flexibility index (Phi) is 2.93. The first-order valence-electron chi connectivity index (χ1n) is 3.12. The van der Waals surface area contributed by atoms with E-state index in [0.29, 0.717) is 6.47 Å². The molecule has 0 saturated heterocycles. The van der Waals surface area contributed by atoms with Gasteiger partial charge in [0.05, 0.1) is 0 Å². The van der Waals surface area contributed by atoms with E-state index >= 15 is 0 Å². The van der Waals surface area contributed by atoms with Crippen LogP contribution >= 0.6 is 11.6 Å². The van der Waals surface area contributed by atoms with Gasteiger partial charge in [0.2, 0.25) is 5.56 Å². The monoisotopic (exact) mass is 170 g/mol. The predicted molar refractivity (Wildman–Crippen MR) is 42.2 cm³/mol. The van der Waals surface area contributed by atoms with Crippen LogP contribution < -0.4 is 0 Å². The van der Waals surface area contributed by atoms with E-state index in [4.69, 9.17) is 11.6 Å². The third-order valence-electron chi connectivity index (χ3n) is 1.24. The minimum Gasteiger partial charge on any atom is -0.444 e. The molecule has 1 unspecified atom stereocenters. The molecule has 3 heteroatoms. The first-order chi connectivity index (χ1) is 5.34. The highest BCUT2D eigenvalue weighted by molar-refractivity contribution is 6.20. The maximum absolute atomic E-state index is 9.88. The van der Waals surface area contributed by atoms with Crippen molar-refractivity contribution >= 4 is 18.1 Å². The zero-order valence-electron chi connectivity index (χ0n) is 5.74. The molecular weight excluding hydrogens is 164 g/mol. The molecule has 1 aromatic rings. The lowest BCUT2D eigenvalue weighted by molar-refractivity contribution is -0.130. The lowest BCUT2D eigenvalue weighted by atomic mass is 10.2. The quantitative estimate of drug-likeness (QED) is 0.513. The Balaban J connectivity index is 2.68. The summed E-state index contributed by atoms with van der Waals surface area (Å²) in [5.41, 5.74) is 0.106. The molecule has 0 bridgehead atoms. The second-order valence-corrected chi connectivity index (χ2v) is 2.36. The van der Waals surface area contributed by atoms with Crippen LogP contribution in [0.2, 0.25) is 0 Å². The van der Waals surface area contributed by atoms with Gasteiger partial charge in [0.15, 0.2) is 0 Å². The van der Waals surface area contributed by atoms with Crippen molar-refractivity contribution in [3.05, 3.63) is 35.9 Å². The van der Waals surface area contributed by atoms with Crippen LogP contribution in [0.3, 0.4) is 0 Å². The van der Waals surface area contributed by atoms with Gasteiger partial charge in [-0.3, -0.25) is 4.79 Å². The van der Waals surface area contributed by atoms with Crippen LogP contribution in [0.1, 0.15) is 11.1 Å². The topological polar surface area (TPSA) is 26.3 Å². The van der Waals surface area contributed by atoms with Crippen LogP contribution in [0.15, 0.2) is 30.3 Å². The van der Waals surface area contributed by atoms with Crippen LogP contribution in [-0.2, 0) is 9.53 Å². The highest BCUT2D eigenvalue weighted by atomic mass is 35.5. The van der Waals surface area contributed by atoms with Crippen molar-refractivity contribution in [3.8, 4) is 0 Å². The lowest BCUT2D eigenvalue weighted by Crippen LogP contribution is -1.93. The summed E-state index contributed by atoms with van der Waals surface area (Å²) >= 11 is 5.65. The predicted octanol–water partition coefficient (Wildman–Crippen LogP) is 2.10. The van der Waals surface area contributed by atoms with Gasteiger partial charge in [-0.25, -0.2) is 0 Å². The minimum atomic E-state index is -0.673. The van der Waals surface area contributed by atoms with E-state index in [9.17, 15) is 4.79 Å². The second kappa shape index (κ2) is 3.98. The molecule has 0 aliphatic carbocycles. The van der Waals surface area contributed by atoms with E-state index < -0.39 is 5.56 Å². The molecule has 0 amide bonds. The fourth-order valence-corrected chi connectivity index (χ4v) is 0.919. The van der Waals surface area contributed by atoms with Gasteiger partial charge in [-0.15, -0.1) is 0 Å². The van der Waals surface area contributed by atoms with Crippen LogP contribution in [0, 0.1) is 0 Å². The molecule has 0 saturated carbocycles. The smallest absolute Gasteiger partial charge is 0.294 e. The number of alkyl halides is 1. The van der Waals surface area contributed by atoms with E-state index in [1.165, 1.54) is 0 Å². The molecule has 1 aromatic carbocycles. The minimum absolute atomic E-state index is 0.338. The molecule has 0 radical (unpaired) electrons. The van der Waals surface area contributed by atoms with Gasteiger partial charge in [-0.1, -0.05) is 41.9 Å². The number of halogens is 1. The molecule has 0 N–H and O–H groups in total. The molecule has 0 fully saturated rings. The van der Waals surface area contributed by atoms with Gasteiger partial charge in [-0.2, -0.15) is 0 Å². The fourth-order valence-electron chi connectivity index (χ4n) is 0.732. The van der Waals surface area contributed by atoms with Crippen molar-refractivity contribution in [1.29, 1.82) is 0 Å². The van der Waals surface area contributed by atoms with Crippen LogP contribution in [0.25, 0.3) is 0 Å². The zero-order chi connectivity index (χ0) is 8.10. The summed E-state index contributed by atoms with van der Waals surface area (Å²) < 4.78 is 4.51. The number of ether oxygens (including phenoxy) is 1. The van der Waals surface area contributed by atoms with Crippen molar-refractivity contribution in [2.45, 2.75) is 5.56 Å². The second-order valence-electron chi connectivity index (χ2n) is 1.96. The van der Waals surface area contributed by atoms with E-state index in [1.807, 2.05) is 18.2 Å². The normalized spacial score (nSPS) is 12.1. The average Bonchev–Trinajstić information content (AvgIpc) is 2.07. The summed E-state index contributed by atoms with van der Waals surface area (Å²) in [5.74, 6) is 0. The average molecular weight is 171 g/mol. The van der Waals surface area contributed by atoms with E-state index in [-0.39, 0.29) is 0 Å². The highest BCUT2D eigenvalue weighted by Crippen LogP contribution is 2.19. The molecule has 1 rings (SSSR count). The van der Waals surface area contributed by atoms with E-state index in [0.717, 1.165) is 5.56 Å². The molecule has 0 aliphatic heterocycles. The van der Waals surface area contributed by atoms with Crippen molar-refractivity contribution in [3.63, 3.8) is 0 Å². The summed E-state index contributed by atoms with van der Waals surface area (Å²) in [6.07, 6.45) is 0. The molecule has 0 spiro atoms. The molecule has 1 atom stereocenters. The van der Waals surface area contributed by atoms with Gasteiger partial charge in [0, 0.05) is 5.56 Å². The largest absolute Gasteiger partial charge is 0.444 e. The summed E-state index contributed by atoms with van der Waals surface area (Å²) in [6, 6.07) is 9.12. The highest BCUT2D eigenvalue weighted by Gasteiger charge is 2.05. The first-order valence-corrected chi connectivity index (χ1v) is 3.56. The summed E-state index contributed by atoms with van der Waals surface area (Å²) in [4.78, 5) is 9.88. The number of rotatable bonds is 3. The Hall–Kier alpha value is -1.02. The third kappa shape index (κ3) is 2.24. The van der Waals surface area contributed by atoms with Crippen LogP contribution in [0.4, 0.5) is 0 Å². The Bertz CT molecular complexity index is 223. The maximum Gasteiger partial charge on any atom is 0.294 e. The number of carbonyl (C=O) groups excluding carboxylic acids is 1. The van der Waals surface area contributed by atoms with Crippen molar-refractivity contribution in [2.75, 3.05) is 0 Å². The standard InChI is InChI=1S/C8H7ClO2/c9-8(11-6-10)7-4-2-1-3-5-7/h1-6,8H. The number of hydrogen-bond donors (Lipinski definition) is 0. The Morgan fingerprint density at radius 2 is 2.00 bits per heavy atom. The zero-order valence-corrected chi connectivity index (χ0v) is 6.49. The Morgan fingerprint density at radius 3 is 2.55 bits per heavy atom. The lowest BCUT2D eigenvalue weighted by Gasteiger charge is -2.05. The van der Waals surface area contributed by atoms with Gasteiger partial charge >= 0.3 is 0 Å². The maximum atomic E-state index is 9.88. The molecule has 0 aromatic heterocycles. The van der Waals surface area contributed by atoms with Gasteiger partial charge < -0.3 is 4.74 Å². The molecule has 0 heterocycles. The van der Waals surface area contributed by atoms with Gasteiger partial charge in [0.25, 0.3) is 6.47 Å². The van der Waals surface area contributed by atoms with Crippen molar-refractivity contribution in [2.24, 2.45) is 0 Å². The van der Waals surface area contributed by atoms with Gasteiger partial charge in [-0.05, 0) is 0 Å². The summed E-state index contributed by atoms with van der Waals surface area (Å²) in [6.45, 7) is 0.338. The number of benzene rings is 1. The molecular formula is C8H7ClO2. The number of hydrogen-bond acceptors (Lipinski definition) is 2.